The molecule has 2 aromatic carbocycles. The van der Waals surface area contributed by atoms with Crippen LogP contribution >= 0.6 is 11.8 Å². The van der Waals surface area contributed by atoms with Gasteiger partial charge in [-0.25, -0.2) is 0 Å². The van der Waals surface area contributed by atoms with Gasteiger partial charge in [0, 0.05) is 18.6 Å². The largest absolute Gasteiger partial charge is 0.380 e. The van der Waals surface area contributed by atoms with Gasteiger partial charge < -0.3 is 10.1 Å². The molecule has 1 N–H and O–H groups in total. The lowest BCUT2D eigenvalue weighted by Crippen LogP contribution is -2.22. The maximum absolute atomic E-state index is 12.2. The minimum atomic E-state index is -0.105. The maximum atomic E-state index is 12.2. The monoisotopic (exact) mass is 315 g/mol. The Morgan fingerprint density at radius 3 is 2.59 bits per heavy atom. The second-order valence-corrected chi connectivity index (χ2v) is 6.39. The Morgan fingerprint density at radius 2 is 1.86 bits per heavy atom. The van der Waals surface area contributed by atoms with Crippen LogP contribution in [0.15, 0.2) is 54.6 Å². The molecule has 116 valence electrons. The Balaban J connectivity index is 1.87. The standard InChI is InChI=1S/C18H21NO2S/c1-14(22-13-15-7-4-3-5-8-15)18(20)19-17-10-6-9-16(11-17)12-21-2/h3-11,14H,12-13H2,1-2H3,(H,19,20)/t14-/m1/s1. The fourth-order valence-corrected chi connectivity index (χ4v) is 2.87. The molecule has 1 amide bonds. The fraction of sp³-hybridized carbons (Fsp3) is 0.278. The lowest BCUT2D eigenvalue weighted by atomic mass is 10.2. The van der Waals surface area contributed by atoms with Gasteiger partial charge in [-0.15, -0.1) is 11.8 Å². The molecule has 0 aliphatic rings. The summed E-state index contributed by atoms with van der Waals surface area (Å²) in [6.45, 7) is 2.48. The van der Waals surface area contributed by atoms with E-state index in [-0.39, 0.29) is 11.2 Å². The third-order valence-corrected chi connectivity index (χ3v) is 4.43. The lowest BCUT2D eigenvalue weighted by molar-refractivity contribution is -0.115. The van der Waals surface area contributed by atoms with Crippen LogP contribution in [-0.2, 0) is 21.9 Å². The molecule has 2 aromatic rings. The summed E-state index contributed by atoms with van der Waals surface area (Å²) in [5.74, 6) is 0.856. The summed E-state index contributed by atoms with van der Waals surface area (Å²) >= 11 is 1.63. The first kappa shape index (κ1) is 16.6. The predicted octanol–water partition coefficient (Wildman–Crippen LogP) is 4.09. The third kappa shape index (κ3) is 5.20. The summed E-state index contributed by atoms with van der Waals surface area (Å²) in [5.41, 5.74) is 3.09. The fourth-order valence-electron chi connectivity index (χ4n) is 2.02. The second-order valence-electron chi connectivity index (χ2n) is 5.06. The summed E-state index contributed by atoms with van der Waals surface area (Å²) in [7, 11) is 1.66. The molecule has 0 aromatic heterocycles. The van der Waals surface area contributed by atoms with Crippen molar-refractivity contribution < 1.29 is 9.53 Å². The van der Waals surface area contributed by atoms with Crippen molar-refractivity contribution in [2.75, 3.05) is 12.4 Å². The van der Waals surface area contributed by atoms with Crippen LogP contribution in [0.1, 0.15) is 18.1 Å². The second kappa shape index (κ2) is 8.61. The third-order valence-electron chi connectivity index (χ3n) is 3.22. The number of thioether (sulfide) groups is 1. The van der Waals surface area contributed by atoms with Gasteiger partial charge >= 0.3 is 0 Å². The summed E-state index contributed by atoms with van der Waals surface area (Å²) < 4.78 is 5.11. The van der Waals surface area contributed by atoms with Crippen LogP contribution in [0.5, 0.6) is 0 Å². The molecule has 0 fully saturated rings. The highest BCUT2D eigenvalue weighted by atomic mass is 32.2. The van der Waals surface area contributed by atoms with E-state index in [1.807, 2.05) is 49.4 Å². The first-order valence-electron chi connectivity index (χ1n) is 7.23. The molecule has 0 aliphatic carbocycles. The van der Waals surface area contributed by atoms with Crippen LogP contribution in [0, 0.1) is 0 Å². The number of hydrogen-bond acceptors (Lipinski definition) is 3. The lowest BCUT2D eigenvalue weighted by Gasteiger charge is -2.13. The minimum Gasteiger partial charge on any atom is -0.380 e. The highest BCUT2D eigenvalue weighted by Crippen LogP contribution is 2.19. The van der Waals surface area contributed by atoms with Crippen LogP contribution in [0.2, 0.25) is 0 Å². The molecule has 0 bridgehead atoms. The van der Waals surface area contributed by atoms with Gasteiger partial charge in [-0.05, 0) is 30.2 Å². The number of carbonyl (C=O) groups excluding carboxylic acids is 1. The van der Waals surface area contributed by atoms with Gasteiger partial charge in [0.1, 0.15) is 0 Å². The maximum Gasteiger partial charge on any atom is 0.237 e. The van der Waals surface area contributed by atoms with E-state index in [2.05, 4.69) is 17.4 Å². The summed E-state index contributed by atoms with van der Waals surface area (Å²) in [4.78, 5) is 12.2. The number of rotatable bonds is 7. The molecule has 0 spiro atoms. The average molecular weight is 315 g/mol. The normalized spacial score (nSPS) is 11.9. The Bertz CT molecular complexity index is 601. The zero-order valence-electron chi connectivity index (χ0n) is 12.9. The minimum absolute atomic E-state index is 0.0236. The van der Waals surface area contributed by atoms with Crippen LogP contribution in [0.25, 0.3) is 0 Å². The van der Waals surface area contributed by atoms with E-state index in [4.69, 9.17) is 4.74 Å². The first-order valence-corrected chi connectivity index (χ1v) is 8.28. The van der Waals surface area contributed by atoms with Gasteiger partial charge in [-0.2, -0.15) is 0 Å². The number of amides is 1. The highest BCUT2D eigenvalue weighted by Gasteiger charge is 2.13. The zero-order chi connectivity index (χ0) is 15.8. The van der Waals surface area contributed by atoms with Gasteiger partial charge in [0.2, 0.25) is 5.91 Å². The number of methoxy groups -OCH3 is 1. The number of nitrogens with one attached hydrogen (secondary N) is 1. The SMILES string of the molecule is COCc1cccc(NC(=O)[C@@H](C)SCc2ccccc2)c1. The van der Waals surface area contributed by atoms with Crippen molar-refractivity contribution in [2.24, 2.45) is 0 Å². The Hall–Kier alpha value is -1.78. The molecule has 0 saturated carbocycles. The summed E-state index contributed by atoms with van der Waals surface area (Å²) in [5, 5.41) is 2.86. The molecule has 0 aliphatic heterocycles. The van der Waals surface area contributed by atoms with Gasteiger partial charge in [-0.3, -0.25) is 4.79 Å². The molecule has 2 rings (SSSR count). The van der Waals surface area contributed by atoms with Crippen LogP contribution in [-0.4, -0.2) is 18.3 Å². The van der Waals surface area contributed by atoms with E-state index in [9.17, 15) is 4.79 Å². The summed E-state index contributed by atoms with van der Waals surface area (Å²) in [6.07, 6.45) is 0. The topological polar surface area (TPSA) is 38.3 Å². The molecule has 4 heteroatoms. The average Bonchev–Trinajstić information content (AvgIpc) is 2.54. The Kier molecular flexibility index (Phi) is 6.49. The van der Waals surface area contributed by atoms with Crippen molar-refractivity contribution in [3.05, 3.63) is 65.7 Å². The van der Waals surface area contributed by atoms with Gasteiger partial charge in [0.15, 0.2) is 0 Å². The molecule has 22 heavy (non-hydrogen) atoms. The van der Waals surface area contributed by atoms with E-state index in [0.717, 1.165) is 17.0 Å². The van der Waals surface area contributed by atoms with Crippen LogP contribution in [0.3, 0.4) is 0 Å². The molecule has 0 heterocycles. The van der Waals surface area contributed by atoms with Crippen molar-refractivity contribution >= 4 is 23.4 Å². The smallest absolute Gasteiger partial charge is 0.237 e. The van der Waals surface area contributed by atoms with E-state index in [1.54, 1.807) is 18.9 Å². The van der Waals surface area contributed by atoms with E-state index in [0.29, 0.717) is 6.61 Å². The van der Waals surface area contributed by atoms with Crippen molar-refractivity contribution in [3.63, 3.8) is 0 Å². The first-order chi connectivity index (χ1) is 10.7. The van der Waals surface area contributed by atoms with E-state index in [1.165, 1.54) is 5.56 Å². The zero-order valence-corrected chi connectivity index (χ0v) is 13.7. The van der Waals surface area contributed by atoms with Crippen molar-refractivity contribution in [1.29, 1.82) is 0 Å². The molecule has 0 radical (unpaired) electrons. The number of anilines is 1. The number of hydrogen-bond donors (Lipinski definition) is 1. The van der Waals surface area contributed by atoms with Crippen molar-refractivity contribution in [2.45, 2.75) is 24.5 Å². The molecule has 0 unspecified atom stereocenters. The van der Waals surface area contributed by atoms with E-state index >= 15 is 0 Å². The molecule has 3 nitrogen and oxygen atoms in total. The van der Waals surface area contributed by atoms with Gasteiger partial charge in [0.05, 0.1) is 11.9 Å². The number of ether oxygens (including phenoxy) is 1. The van der Waals surface area contributed by atoms with Gasteiger partial charge in [-0.1, -0.05) is 42.5 Å². The van der Waals surface area contributed by atoms with Crippen LogP contribution < -0.4 is 5.32 Å². The van der Waals surface area contributed by atoms with Crippen molar-refractivity contribution in [3.8, 4) is 0 Å². The molecule has 0 saturated heterocycles. The van der Waals surface area contributed by atoms with Gasteiger partial charge in [0.25, 0.3) is 0 Å². The number of benzene rings is 2. The summed E-state index contributed by atoms with van der Waals surface area (Å²) in [6, 6.07) is 17.9. The highest BCUT2D eigenvalue weighted by molar-refractivity contribution is 7.99. The van der Waals surface area contributed by atoms with Crippen LogP contribution in [0.4, 0.5) is 5.69 Å². The van der Waals surface area contributed by atoms with E-state index < -0.39 is 0 Å². The Labute approximate surface area is 136 Å². The molecular formula is C18H21NO2S. The predicted molar refractivity (Wildman–Crippen MR) is 93.0 cm³/mol. The quantitative estimate of drug-likeness (QED) is 0.836. The molecule has 1 atom stereocenters. The Morgan fingerprint density at radius 1 is 1.14 bits per heavy atom. The molecular weight excluding hydrogens is 294 g/mol. The van der Waals surface area contributed by atoms with Crippen molar-refractivity contribution in [1.82, 2.24) is 0 Å². The number of carbonyl (C=O) groups is 1.